The van der Waals surface area contributed by atoms with Crippen molar-refractivity contribution in [3.8, 4) is 0 Å². The van der Waals surface area contributed by atoms with Gasteiger partial charge >= 0.3 is 12.4 Å². The highest BCUT2D eigenvalue weighted by atomic mass is 35.5. The first-order chi connectivity index (χ1) is 14.0. The molecule has 1 fully saturated rings. The largest absolute Gasteiger partial charge is 0.458 e. The zero-order chi connectivity index (χ0) is 21.8. The van der Waals surface area contributed by atoms with E-state index >= 15 is 0 Å². The first kappa shape index (κ1) is 23.3. The highest BCUT2D eigenvalue weighted by molar-refractivity contribution is 6.01. The normalized spacial score (nSPS) is 16.1. The van der Waals surface area contributed by atoms with Gasteiger partial charge in [0.1, 0.15) is 23.3 Å². The number of halogens is 8. The minimum absolute atomic E-state index is 0. The number of piperidine rings is 1. The second-order valence-electron chi connectivity index (χ2n) is 7.10. The van der Waals surface area contributed by atoms with Gasteiger partial charge in [-0.3, -0.25) is 4.79 Å². The summed E-state index contributed by atoms with van der Waals surface area (Å²) < 4.78 is 99.2. The van der Waals surface area contributed by atoms with Crippen LogP contribution in [0, 0.1) is 5.82 Å². The maximum absolute atomic E-state index is 14.5. The molecule has 1 aliphatic rings. The number of hydrogen-bond donors (Lipinski definition) is 1. The Morgan fingerprint density at radius 1 is 1.13 bits per heavy atom. The van der Waals surface area contributed by atoms with Gasteiger partial charge in [-0.2, -0.15) is 26.3 Å². The van der Waals surface area contributed by atoms with Gasteiger partial charge < -0.3 is 14.3 Å². The average Bonchev–Trinajstić information content (AvgIpc) is 3.02. The van der Waals surface area contributed by atoms with Gasteiger partial charge in [0.25, 0.3) is 0 Å². The Kier molecular flexibility index (Phi) is 6.00. The van der Waals surface area contributed by atoms with Crippen LogP contribution in [0.4, 0.5) is 30.7 Å². The van der Waals surface area contributed by atoms with E-state index in [9.17, 15) is 35.5 Å². The zero-order valence-electron chi connectivity index (χ0n) is 15.5. The molecule has 0 radical (unpaired) electrons. The fraction of sp³-hybridized carbons (Fsp3) is 0.444. The van der Waals surface area contributed by atoms with Crippen LogP contribution in [-0.2, 0) is 12.7 Å². The van der Waals surface area contributed by atoms with E-state index in [0.29, 0.717) is 32.0 Å². The van der Waals surface area contributed by atoms with Crippen molar-refractivity contribution in [1.29, 1.82) is 0 Å². The van der Waals surface area contributed by atoms with Crippen molar-refractivity contribution < 1.29 is 35.2 Å². The molecule has 0 saturated carbocycles. The van der Waals surface area contributed by atoms with Gasteiger partial charge in [0.2, 0.25) is 5.82 Å². The molecular formula is C18H15ClF7N3O2. The molecule has 0 spiro atoms. The highest BCUT2D eigenvalue weighted by Crippen LogP contribution is 2.38. The van der Waals surface area contributed by atoms with Gasteiger partial charge in [-0.05, 0) is 32.0 Å². The maximum atomic E-state index is 14.5. The molecule has 0 aliphatic carbocycles. The molecule has 1 aliphatic heterocycles. The third-order valence-electron chi connectivity index (χ3n) is 5.02. The van der Waals surface area contributed by atoms with E-state index in [1.54, 1.807) is 0 Å². The van der Waals surface area contributed by atoms with Crippen molar-refractivity contribution in [2.45, 2.75) is 37.7 Å². The van der Waals surface area contributed by atoms with E-state index in [-0.39, 0.29) is 28.7 Å². The molecule has 4 rings (SSSR count). The number of imidazole rings is 1. The number of alkyl halides is 6. The van der Waals surface area contributed by atoms with Crippen LogP contribution in [0.3, 0.4) is 0 Å². The molecular weight excluding hydrogens is 459 g/mol. The van der Waals surface area contributed by atoms with E-state index < -0.39 is 58.0 Å². The lowest BCUT2D eigenvalue weighted by molar-refractivity contribution is -0.160. The monoisotopic (exact) mass is 473 g/mol. The van der Waals surface area contributed by atoms with Gasteiger partial charge in [0, 0.05) is 12.0 Å². The number of benzene rings is 1. The molecule has 3 aromatic rings. The second-order valence-corrected chi connectivity index (χ2v) is 7.10. The molecule has 0 atom stereocenters. The van der Waals surface area contributed by atoms with Crippen LogP contribution in [0.25, 0.3) is 22.0 Å². The fourth-order valence-electron chi connectivity index (χ4n) is 3.74. The van der Waals surface area contributed by atoms with Gasteiger partial charge in [-0.15, -0.1) is 12.4 Å². The molecule has 170 valence electrons. The molecule has 2 aromatic heterocycles. The van der Waals surface area contributed by atoms with E-state index in [1.807, 2.05) is 0 Å². The van der Waals surface area contributed by atoms with Gasteiger partial charge in [0.15, 0.2) is 16.8 Å². The van der Waals surface area contributed by atoms with Crippen LogP contribution in [0.1, 0.15) is 30.3 Å². The summed E-state index contributed by atoms with van der Waals surface area (Å²) in [6.07, 6.45) is -9.21. The third kappa shape index (κ3) is 4.36. The van der Waals surface area contributed by atoms with Crippen molar-refractivity contribution in [3.05, 3.63) is 39.8 Å². The zero-order valence-corrected chi connectivity index (χ0v) is 16.3. The van der Waals surface area contributed by atoms with Gasteiger partial charge in [-0.25, -0.2) is 9.37 Å². The van der Waals surface area contributed by atoms with Crippen LogP contribution < -0.4 is 10.7 Å². The van der Waals surface area contributed by atoms with Crippen molar-refractivity contribution in [2.75, 3.05) is 13.1 Å². The molecule has 1 saturated heterocycles. The minimum Gasteiger partial charge on any atom is -0.458 e. The molecule has 0 amide bonds. The van der Waals surface area contributed by atoms with E-state index in [4.69, 9.17) is 4.42 Å². The molecule has 0 unspecified atom stereocenters. The van der Waals surface area contributed by atoms with Crippen molar-refractivity contribution in [1.82, 2.24) is 14.9 Å². The summed E-state index contributed by atoms with van der Waals surface area (Å²) in [5, 5.41) is 2.65. The van der Waals surface area contributed by atoms with Crippen LogP contribution in [0.2, 0.25) is 0 Å². The first-order valence-corrected chi connectivity index (χ1v) is 8.97. The van der Waals surface area contributed by atoms with Gasteiger partial charge in [0.05, 0.1) is 5.39 Å². The standard InChI is InChI=1S/C18H14F7N3O2.ClH/c19-10-5-9-11(29)6-12(8-1-3-26-4-2-8)30-15(9)14-13(10)27-16(18(23,24)25)28(14)7-17(20,21)22;/h5-6,8,26H,1-4,7H2;1H. The maximum Gasteiger partial charge on any atom is 0.449 e. The summed E-state index contributed by atoms with van der Waals surface area (Å²) in [6, 6.07) is 1.75. The van der Waals surface area contributed by atoms with E-state index in [0.717, 1.165) is 6.07 Å². The van der Waals surface area contributed by atoms with Crippen LogP contribution in [0.5, 0.6) is 0 Å². The number of aromatic nitrogens is 2. The second kappa shape index (κ2) is 7.97. The Labute approximate surface area is 175 Å². The number of nitrogens with one attached hydrogen (secondary N) is 1. The molecule has 31 heavy (non-hydrogen) atoms. The topological polar surface area (TPSA) is 60.1 Å². The van der Waals surface area contributed by atoms with Crippen molar-refractivity contribution in [3.63, 3.8) is 0 Å². The quantitative estimate of drug-likeness (QED) is 0.546. The van der Waals surface area contributed by atoms with Gasteiger partial charge in [-0.1, -0.05) is 0 Å². The van der Waals surface area contributed by atoms with Crippen molar-refractivity contribution >= 4 is 34.4 Å². The first-order valence-electron chi connectivity index (χ1n) is 8.97. The summed E-state index contributed by atoms with van der Waals surface area (Å²) in [5.74, 6) is -3.37. The summed E-state index contributed by atoms with van der Waals surface area (Å²) in [4.78, 5) is 15.6. The Hall–Kier alpha value is -2.34. The lowest BCUT2D eigenvalue weighted by Crippen LogP contribution is -2.27. The smallest absolute Gasteiger partial charge is 0.449 e. The third-order valence-corrected chi connectivity index (χ3v) is 5.02. The summed E-state index contributed by atoms with van der Waals surface area (Å²) in [5.41, 5.74) is -3.08. The summed E-state index contributed by atoms with van der Waals surface area (Å²) in [7, 11) is 0. The van der Waals surface area contributed by atoms with Crippen LogP contribution >= 0.6 is 12.4 Å². The molecule has 0 bridgehead atoms. The average molecular weight is 474 g/mol. The predicted octanol–water partition coefficient (Wildman–Crippen LogP) is 4.75. The number of fused-ring (bicyclic) bond motifs is 3. The number of nitrogens with zero attached hydrogens (tertiary/aromatic N) is 2. The lowest BCUT2D eigenvalue weighted by Gasteiger charge is -2.22. The Balaban J connectivity index is 0.00000272. The predicted molar refractivity (Wildman–Crippen MR) is 98.9 cm³/mol. The summed E-state index contributed by atoms with van der Waals surface area (Å²) >= 11 is 0. The Morgan fingerprint density at radius 3 is 2.35 bits per heavy atom. The van der Waals surface area contributed by atoms with Crippen LogP contribution in [0.15, 0.2) is 21.3 Å². The SMILES string of the molecule is Cl.O=c1cc(C2CCNCC2)oc2c1cc(F)c1nc(C(F)(F)F)n(CC(F)(F)F)c12. The fourth-order valence-corrected chi connectivity index (χ4v) is 3.74. The molecule has 13 heteroatoms. The summed E-state index contributed by atoms with van der Waals surface area (Å²) in [6.45, 7) is -0.858. The molecule has 1 aromatic carbocycles. The number of hydrogen-bond acceptors (Lipinski definition) is 4. The molecule has 5 nitrogen and oxygen atoms in total. The number of rotatable bonds is 2. The van der Waals surface area contributed by atoms with Crippen molar-refractivity contribution in [2.24, 2.45) is 0 Å². The highest BCUT2D eigenvalue weighted by Gasteiger charge is 2.42. The molecule has 3 heterocycles. The minimum atomic E-state index is -5.28. The van der Waals surface area contributed by atoms with E-state index in [2.05, 4.69) is 10.3 Å². The molecule has 1 N–H and O–H groups in total. The Bertz CT molecular complexity index is 1180. The lowest BCUT2D eigenvalue weighted by atomic mass is 9.95. The Morgan fingerprint density at radius 2 is 1.77 bits per heavy atom. The van der Waals surface area contributed by atoms with Crippen LogP contribution in [-0.4, -0.2) is 28.8 Å². The van der Waals surface area contributed by atoms with E-state index in [1.165, 1.54) is 0 Å².